The third kappa shape index (κ3) is 2.66. The first-order valence-electron chi connectivity index (χ1n) is 7.93. The molecule has 118 valence electrons. The summed E-state index contributed by atoms with van der Waals surface area (Å²) in [7, 11) is 0. The number of amides is 2. The van der Waals surface area contributed by atoms with E-state index in [9.17, 15) is 9.59 Å². The van der Waals surface area contributed by atoms with Gasteiger partial charge in [-0.2, -0.15) is 0 Å². The molecule has 3 aliphatic rings. The fourth-order valence-corrected chi connectivity index (χ4v) is 3.85. The fraction of sp³-hybridized carbons (Fsp3) is 0.867. The molecule has 3 heterocycles. The van der Waals surface area contributed by atoms with Crippen molar-refractivity contribution in [2.75, 3.05) is 32.8 Å². The Hall–Kier alpha value is -1.14. The molecule has 6 heteroatoms. The molecular formula is C15H25N3O3. The summed E-state index contributed by atoms with van der Waals surface area (Å²) in [6.45, 7) is 5.58. The van der Waals surface area contributed by atoms with Crippen molar-refractivity contribution in [1.29, 1.82) is 0 Å². The number of ether oxygens (including phenoxy) is 1. The Kier molecular flexibility index (Phi) is 3.92. The highest BCUT2D eigenvalue weighted by Gasteiger charge is 2.45. The van der Waals surface area contributed by atoms with Gasteiger partial charge in [0.1, 0.15) is 0 Å². The quantitative estimate of drug-likeness (QED) is 0.793. The molecule has 1 unspecified atom stereocenters. The van der Waals surface area contributed by atoms with E-state index in [0.29, 0.717) is 19.3 Å². The van der Waals surface area contributed by atoms with Gasteiger partial charge in [-0.15, -0.1) is 0 Å². The Labute approximate surface area is 125 Å². The Morgan fingerprint density at radius 3 is 2.33 bits per heavy atom. The van der Waals surface area contributed by atoms with Crippen LogP contribution in [0.5, 0.6) is 0 Å². The second-order valence-corrected chi connectivity index (χ2v) is 6.88. The van der Waals surface area contributed by atoms with E-state index in [1.165, 1.54) is 0 Å². The Morgan fingerprint density at radius 1 is 1.14 bits per heavy atom. The van der Waals surface area contributed by atoms with Crippen molar-refractivity contribution in [3.63, 3.8) is 0 Å². The summed E-state index contributed by atoms with van der Waals surface area (Å²) in [4.78, 5) is 28.2. The van der Waals surface area contributed by atoms with Crippen LogP contribution in [0.3, 0.4) is 0 Å². The van der Waals surface area contributed by atoms with Gasteiger partial charge in [-0.25, -0.2) is 0 Å². The van der Waals surface area contributed by atoms with Gasteiger partial charge < -0.3 is 15.4 Å². The third-order valence-corrected chi connectivity index (χ3v) is 5.20. The monoisotopic (exact) mass is 295 g/mol. The van der Waals surface area contributed by atoms with Crippen LogP contribution in [0.1, 0.15) is 32.6 Å². The van der Waals surface area contributed by atoms with Gasteiger partial charge in [0.2, 0.25) is 11.8 Å². The van der Waals surface area contributed by atoms with Gasteiger partial charge >= 0.3 is 0 Å². The molecule has 3 aliphatic heterocycles. The first kappa shape index (κ1) is 14.8. The molecule has 0 bridgehead atoms. The van der Waals surface area contributed by atoms with Crippen LogP contribution >= 0.6 is 0 Å². The van der Waals surface area contributed by atoms with Crippen LogP contribution in [0.2, 0.25) is 0 Å². The van der Waals surface area contributed by atoms with Crippen LogP contribution in [-0.2, 0) is 14.3 Å². The van der Waals surface area contributed by atoms with Gasteiger partial charge in [0.05, 0.1) is 24.7 Å². The van der Waals surface area contributed by atoms with Gasteiger partial charge in [0.25, 0.3) is 0 Å². The Bertz CT molecular complexity index is 428. The number of nitrogens with zero attached hydrogens (tertiary/aromatic N) is 2. The minimum atomic E-state index is -0.309. The van der Waals surface area contributed by atoms with Crippen LogP contribution in [0.4, 0.5) is 0 Å². The van der Waals surface area contributed by atoms with Crippen molar-refractivity contribution in [1.82, 2.24) is 9.80 Å². The molecule has 2 amide bonds. The zero-order valence-electron chi connectivity index (χ0n) is 12.7. The minimum absolute atomic E-state index is 0.102. The lowest BCUT2D eigenvalue weighted by Gasteiger charge is -2.44. The van der Waals surface area contributed by atoms with Gasteiger partial charge in [0.15, 0.2) is 0 Å². The normalized spacial score (nSPS) is 30.1. The SMILES string of the molecule is CC1(C(=O)N2CCC(N3CCCC3C(N)=O)CC2)COC1. The maximum atomic E-state index is 12.5. The molecule has 3 rings (SSSR count). The summed E-state index contributed by atoms with van der Waals surface area (Å²) in [6, 6.07) is 0.286. The summed E-state index contributed by atoms with van der Waals surface area (Å²) < 4.78 is 5.19. The Morgan fingerprint density at radius 2 is 1.81 bits per heavy atom. The second-order valence-electron chi connectivity index (χ2n) is 6.88. The number of hydrogen-bond donors (Lipinski definition) is 1. The molecule has 0 aromatic carbocycles. The van der Waals surface area contributed by atoms with Crippen LogP contribution in [0.25, 0.3) is 0 Å². The number of rotatable bonds is 3. The first-order chi connectivity index (χ1) is 10.0. The van der Waals surface area contributed by atoms with E-state index < -0.39 is 0 Å². The smallest absolute Gasteiger partial charge is 0.234 e. The van der Waals surface area contributed by atoms with Gasteiger partial charge in [0, 0.05) is 19.1 Å². The van der Waals surface area contributed by atoms with Crippen LogP contribution in [0, 0.1) is 5.41 Å². The number of carbonyl (C=O) groups excluding carboxylic acids is 2. The molecule has 0 radical (unpaired) electrons. The molecule has 3 saturated heterocycles. The first-order valence-corrected chi connectivity index (χ1v) is 7.93. The van der Waals surface area contributed by atoms with Crippen molar-refractivity contribution < 1.29 is 14.3 Å². The van der Waals surface area contributed by atoms with E-state index in [-0.39, 0.29) is 23.3 Å². The number of piperidine rings is 1. The van der Waals surface area contributed by atoms with E-state index in [0.717, 1.165) is 45.3 Å². The maximum absolute atomic E-state index is 12.5. The molecule has 0 spiro atoms. The largest absolute Gasteiger partial charge is 0.379 e. The van der Waals surface area contributed by atoms with Crippen LogP contribution in [-0.4, -0.2) is 66.5 Å². The lowest BCUT2D eigenvalue weighted by Crippen LogP contribution is -2.57. The topological polar surface area (TPSA) is 75.9 Å². The van der Waals surface area contributed by atoms with Gasteiger partial charge in [-0.3, -0.25) is 14.5 Å². The van der Waals surface area contributed by atoms with Crippen LogP contribution in [0.15, 0.2) is 0 Å². The molecule has 1 atom stereocenters. The highest BCUT2D eigenvalue weighted by atomic mass is 16.5. The summed E-state index contributed by atoms with van der Waals surface area (Å²) in [5.74, 6) is 0.0187. The minimum Gasteiger partial charge on any atom is -0.379 e. The lowest BCUT2D eigenvalue weighted by molar-refractivity contribution is -0.170. The number of nitrogens with two attached hydrogens (primary N) is 1. The van der Waals surface area contributed by atoms with E-state index in [1.807, 2.05) is 11.8 Å². The van der Waals surface area contributed by atoms with Gasteiger partial charge in [-0.1, -0.05) is 0 Å². The average molecular weight is 295 g/mol. The van der Waals surface area contributed by atoms with Crippen molar-refractivity contribution in [3.8, 4) is 0 Å². The highest BCUT2D eigenvalue weighted by molar-refractivity contribution is 5.83. The number of primary amides is 1. The zero-order chi connectivity index (χ0) is 15.0. The molecule has 3 fully saturated rings. The predicted molar refractivity (Wildman–Crippen MR) is 77.5 cm³/mol. The molecule has 6 nitrogen and oxygen atoms in total. The van der Waals surface area contributed by atoms with Crippen molar-refractivity contribution in [2.24, 2.45) is 11.1 Å². The van der Waals surface area contributed by atoms with Crippen molar-refractivity contribution in [2.45, 2.75) is 44.7 Å². The standard InChI is InChI=1S/C15H25N3O3/c1-15(9-21-10-15)14(20)17-7-4-11(5-8-17)18-6-2-3-12(18)13(16)19/h11-12H,2-10H2,1H3,(H2,16,19). The van der Waals surface area contributed by atoms with E-state index >= 15 is 0 Å². The van der Waals surface area contributed by atoms with Gasteiger partial charge in [-0.05, 0) is 39.2 Å². The molecular weight excluding hydrogens is 270 g/mol. The summed E-state index contributed by atoms with van der Waals surface area (Å²) in [6.07, 6.45) is 3.80. The fourth-order valence-electron chi connectivity index (χ4n) is 3.85. The second kappa shape index (κ2) is 5.57. The van der Waals surface area contributed by atoms with Crippen LogP contribution < -0.4 is 5.73 Å². The summed E-state index contributed by atoms with van der Waals surface area (Å²) >= 11 is 0. The zero-order valence-corrected chi connectivity index (χ0v) is 12.7. The molecule has 0 aliphatic carbocycles. The molecule has 0 aromatic rings. The van der Waals surface area contributed by atoms with Crippen molar-refractivity contribution in [3.05, 3.63) is 0 Å². The highest BCUT2D eigenvalue weighted by Crippen LogP contribution is 2.32. The van der Waals surface area contributed by atoms with E-state index in [2.05, 4.69) is 4.90 Å². The number of likely N-dealkylation sites (tertiary alicyclic amines) is 2. The van der Waals surface area contributed by atoms with E-state index in [1.54, 1.807) is 0 Å². The van der Waals surface area contributed by atoms with E-state index in [4.69, 9.17) is 10.5 Å². The number of hydrogen-bond acceptors (Lipinski definition) is 4. The van der Waals surface area contributed by atoms with Crippen molar-refractivity contribution >= 4 is 11.8 Å². The average Bonchev–Trinajstić information content (AvgIpc) is 2.94. The maximum Gasteiger partial charge on any atom is 0.234 e. The Balaban J connectivity index is 1.55. The molecule has 0 saturated carbocycles. The summed E-state index contributed by atoms with van der Waals surface area (Å²) in [5, 5.41) is 0. The number of carbonyl (C=O) groups is 2. The third-order valence-electron chi connectivity index (χ3n) is 5.20. The molecule has 0 aromatic heterocycles. The predicted octanol–water partition coefficient (Wildman–Crippen LogP) is -0.0364. The lowest BCUT2D eigenvalue weighted by atomic mass is 9.86. The molecule has 2 N–H and O–H groups in total. The summed E-state index contributed by atoms with van der Waals surface area (Å²) in [5.41, 5.74) is 5.18. The molecule has 21 heavy (non-hydrogen) atoms.